The highest BCUT2D eigenvalue weighted by atomic mass is 32.2. The van der Waals surface area contributed by atoms with Crippen molar-refractivity contribution in [1.29, 1.82) is 0 Å². The maximum atomic E-state index is 13.5. The molecule has 0 bridgehead atoms. The third kappa shape index (κ3) is 10.4. The molecule has 1 heterocycles. The quantitative estimate of drug-likeness (QED) is 0.145. The monoisotopic (exact) mass is 810 g/mol. The number of aryl methyl sites for hydroxylation is 4. The first-order valence-corrected chi connectivity index (χ1v) is 21.6. The Hall–Kier alpha value is -3.56. The van der Waals surface area contributed by atoms with Crippen LogP contribution in [0.1, 0.15) is 22.3 Å². The molecule has 4 aromatic rings. The molecule has 0 radical (unpaired) electrons. The Bertz CT molecular complexity index is 2140. The van der Waals surface area contributed by atoms with Crippen LogP contribution in [0.4, 0.5) is 0 Å². The van der Waals surface area contributed by atoms with Gasteiger partial charge in [0.2, 0.25) is 0 Å². The third-order valence-corrected chi connectivity index (χ3v) is 13.4. The molecule has 0 saturated carbocycles. The zero-order valence-corrected chi connectivity index (χ0v) is 32.3. The average Bonchev–Trinajstić information content (AvgIpc) is 3.59. The van der Waals surface area contributed by atoms with E-state index in [9.17, 15) is 33.7 Å². The lowest BCUT2D eigenvalue weighted by atomic mass is 10.0. The van der Waals surface area contributed by atoms with Crippen molar-refractivity contribution in [1.82, 2.24) is 0 Å². The van der Waals surface area contributed by atoms with Crippen molar-refractivity contribution >= 4 is 40.5 Å². The summed E-state index contributed by atoms with van der Waals surface area (Å²) in [6, 6.07) is 22.5. The summed E-state index contributed by atoms with van der Waals surface area (Å²) in [7, 11) is -18.3. The van der Waals surface area contributed by atoms with Crippen molar-refractivity contribution in [3.05, 3.63) is 119 Å². The fourth-order valence-corrected chi connectivity index (χ4v) is 9.06. The van der Waals surface area contributed by atoms with Gasteiger partial charge in [0.05, 0.1) is 32.8 Å². The molecule has 0 spiro atoms. The van der Waals surface area contributed by atoms with Crippen LogP contribution in [0.15, 0.2) is 117 Å². The molecule has 0 N–H and O–H groups in total. The zero-order valence-electron chi connectivity index (χ0n) is 29.0. The average molecular weight is 811 g/mol. The van der Waals surface area contributed by atoms with Gasteiger partial charge in [0.15, 0.2) is 0 Å². The van der Waals surface area contributed by atoms with Crippen LogP contribution in [-0.4, -0.2) is 78.1 Å². The second-order valence-corrected chi connectivity index (χ2v) is 18.7. The molecule has 4 atom stereocenters. The van der Waals surface area contributed by atoms with E-state index in [-0.39, 0.29) is 19.6 Å². The molecular weight excluding hydrogens is 773 g/mol. The van der Waals surface area contributed by atoms with Crippen molar-refractivity contribution < 1.29 is 59.9 Å². The molecule has 0 amide bonds. The van der Waals surface area contributed by atoms with Crippen molar-refractivity contribution in [3.63, 3.8) is 0 Å². The Morgan fingerprint density at radius 1 is 0.453 bits per heavy atom. The van der Waals surface area contributed by atoms with Gasteiger partial charge in [-0.1, -0.05) is 70.8 Å². The Morgan fingerprint density at radius 3 is 0.962 bits per heavy atom. The van der Waals surface area contributed by atoms with E-state index >= 15 is 0 Å². The number of ether oxygens (including phenoxy) is 2. The smallest absolute Gasteiger partial charge is 0.297 e. The first-order valence-electron chi connectivity index (χ1n) is 16.0. The Kier molecular flexibility index (Phi) is 12.6. The van der Waals surface area contributed by atoms with Crippen LogP contribution in [0, 0.1) is 27.7 Å². The van der Waals surface area contributed by atoms with Gasteiger partial charge in [-0.15, -0.1) is 0 Å². The van der Waals surface area contributed by atoms with E-state index in [0.29, 0.717) is 0 Å². The SMILES string of the molecule is Cc1ccc(S(=O)(=O)OC[C@H](OS(=O)(=O)c2ccc(C)cc2)[C@@H]2OCO[C@@H]2[C@@H](COS(=O)(=O)c2ccc(C)cc2)OS(=O)(=O)c2ccc(C)cc2)cc1. The molecule has 0 aliphatic carbocycles. The fourth-order valence-electron chi connectivity index (χ4n) is 5.08. The van der Waals surface area contributed by atoms with E-state index in [1.54, 1.807) is 27.7 Å². The highest BCUT2D eigenvalue weighted by molar-refractivity contribution is 7.87. The second-order valence-electron chi connectivity index (χ2n) is 12.3. The number of hydrogen-bond acceptors (Lipinski definition) is 14. The van der Waals surface area contributed by atoms with E-state index < -0.39 is 84.9 Å². The summed E-state index contributed by atoms with van der Waals surface area (Å²) in [5.74, 6) is 0. The van der Waals surface area contributed by atoms with Gasteiger partial charge in [-0.2, -0.15) is 33.7 Å². The maximum absolute atomic E-state index is 13.5. The fraction of sp³-hybridized carbons (Fsp3) is 0.314. The van der Waals surface area contributed by atoms with Gasteiger partial charge in [-0.05, 0) is 76.2 Å². The standard InChI is InChI=1S/C35H38O14S4/c1-24-5-13-28(14-6-24)50(36,37)46-21-32(48-52(40,41)30-17-9-26(3)10-18-30)34-35(45-23-44-34)33(49-53(42,43)31-19-11-27(4)12-20-31)22-47-51(38,39)29-15-7-25(2)8-16-29/h5-20,32-35H,21-23H2,1-4H3/t32-,33+,34-,35+. The van der Waals surface area contributed by atoms with Crippen LogP contribution < -0.4 is 0 Å². The molecule has 4 aromatic carbocycles. The minimum Gasteiger partial charge on any atom is -0.346 e. The Labute approximate surface area is 310 Å². The normalized spacial score (nSPS) is 18.1. The predicted octanol–water partition coefficient (Wildman–Crippen LogP) is 4.32. The van der Waals surface area contributed by atoms with Crippen LogP contribution in [0.3, 0.4) is 0 Å². The topological polar surface area (TPSA) is 192 Å². The van der Waals surface area contributed by atoms with Gasteiger partial charge in [0.1, 0.15) is 31.2 Å². The molecule has 5 rings (SSSR count). The van der Waals surface area contributed by atoms with Gasteiger partial charge in [0, 0.05) is 0 Å². The molecule has 14 nitrogen and oxygen atoms in total. The van der Waals surface area contributed by atoms with Crippen LogP contribution in [0.25, 0.3) is 0 Å². The van der Waals surface area contributed by atoms with E-state index in [1.165, 1.54) is 97.1 Å². The Morgan fingerprint density at radius 2 is 0.698 bits per heavy atom. The predicted molar refractivity (Wildman–Crippen MR) is 190 cm³/mol. The van der Waals surface area contributed by atoms with Crippen LogP contribution in [0.2, 0.25) is 0 Å². The molecule has 1 fully saturated rings. The minimum atomic E-state index is -4.65. The van der Waals surface area contributed by atoms with Crippen LogP contribution >= 0.6 is 0 Å². The molecule has 1 saturated heterocycles. The van der Waals surface area contributed by atoms with Crippen molar-refractivity contribution in [2.45, 2.75) is 71.7 Å². The van der Waals surface area contributed by atoms with Gasteiger partial charge >= 0.3 is 0 Å². The molecular formula is C35H38O14S4. The summed E-state index contributed by atoms with van der Waals surface area (Å²) in [5, 5.41) is 0. The molecule has 286 valence electrons. The van der Waals surface area contributed by atoms with Gasteiger partial charge in [-0.25, -0.2) is 0 Å². The Balaban J connectivity index is 1.51. The molecule has 1 aliphatic heterocycles. The minimum absolute atomic E-state index is 0.233. The van der Waals surface area contributed by atoms with E-state index in [4.69, 9.17) is 26.2 Å². The second kappa shape index (κ2) is 16.4. The van der Waals surface area contributed by atoms with E-state index in [0.717, 1.165) is 22.3 Å². The largest absolute Gasteiger partial charge is 0.346 e. The third-order valence-electron chi connectivity index (χ3n) is 8.09. The van der Waals surface area contributed by atoms with Crippen molar-refractivity contribution in [2.75, 3.05) is 20.0 Å². The van der Waals surface area contributed by atoms with Crippen molar-refractivity contribution in [3.8, 4) is 0 Å². The first kappa shape index (κ1) is 40.6. The zero-order chi connectivity index (χ0) is 38.6. The molecule has 18 heteroatoms. The summed E-state index contributed by atoms with van der Waals surface area (Å²) in [6.45, 7) is 4.47. The van der Waals surface area contributed by atoms with Gasteiger partial charge < -0.3 is 9.47 Å². The molecule has 53 heavy (non-hydrogen) atoms. The van der Waals surface area contributed by atoms with Crippen LogP contribution in [0.5, 0.6) is 0 Å². The molecule has 1 aliphatic rings. The summed E-state index contributed by atoms with van der Waals surface area (Å²) in [4.78, 5) is -1.04. The summed E-state index contributed by atoms with van der Waals surface area (Å²) in [6.07, 6.45) is -6.88. The summed E-state index contributed by atoms with van der Waals surface area (Å²) in [5.41, 5.74) is 3.03. The highest BCUT2D eigenvalue weighted by Crippen LogP contribution is 2.30. The van der Waals surface area contributed by atoms with E-state index in [2.05, 4.69) is 0 Å². The molecule has 0 unspecified atom stereocenters. The molecule has 0 aromatic heterocycles. The maximum Gasteiger partial charge on any atom is 0.297 e. The number of rotatable bonds is 16. The van der Waals surface area contributed by atoms with Crippen LogP contribution in [-0.2, 0) is 66.7 Å². The van der Waals surface area contributed by atoms with Crippen molar-refractivity contribution in [2.24, 2.45) is 0 Å². The summed E-state index contributed by atoms with van der Waals surface area (Å²) < 4.78 is 140. The van der Waals surface area contributed by atoms with Gasteiger partial charge in [-0.3, -0.25) is 16.7 Å². The first-order chi connectivity index (χ1) is 24.9. The number of benzene rings is 4. The van der Waals surface area contributed by atoms with E-state index in [1.807, 2.05) is 0 Å². The lowest BCUT2D eigenvalue weighted by Crippen LogP contribution is -2.49. The summed E-state index contributed by atoms with van der Waals surface area (Å²) >= 11 is 0. The highest BCUT2D eigenvalue weighted by Gasteiger charge is 2.47. The van der Waals surface area contributed by atoms with Gasteiger partial charge in [0.25, 0.3) is 40.5 Å². The lowest BCUT2D eigenvalue weighted by Gasteiger charge is -2.30. The lowest BCUT2D eigenvalue weighted by molar-refractivity contribution is -0.0368. The number of hydrogen-bond donors (Lipinski definition) is 0.